The smallest absolute Gasteiger partial charge is 0.322 e. The Bertz CT molecular complexity index is 564. The molecule has 0 aromatic carbocycles. The number of aryl methyl sites for hydroxylation is 1. The van der Waals surface area contributed by atoms with E-state index in [1.807, 2.05) is 22.7 Å². The molecule has 0 spiro atoms. The van der Waals surface area contributed by atoms with Crippen molar-refractivity contribution in [1.29, 1.82) is 0 Å². The van der Waals surface area contributed by atoms with Crippen LogP contribution < -0.4 is 5.32 Å². The zero-order chi connectivity index (χ0) is 13.2. The van der Waals surface area contributed by atoms with E-state index in [1.54, 1.807) is 18.5 Å². The molecule has 2 aromatic heterocycles. The zero-order valence-corrected chi connectivity index (χ0v) is 11.4. The highest BCUT2D eigenvalue weighted by Gasteiger charge is 2.29. The molecule has 3 heterocycles. The number of rotatable bonds is 2. The number of nitrogens with zero attached hydrogens (tertiary/aromatic N) is 4. The van der Waals surface area contributed by atoms with E-state index >= 15 is 0 Å². The maximum Gasteiger partial charge on any atom is 0.322 e. The van der Waals surface area contributed by atoms with Crippen LogP contribution in [0.25, 0.3) is 0 Å². The van der Waals surface area contributed by atoms with Gasteiger partial charge in [0.2, 0.25) is 0 Å². The highest BCUT2D eigenvalue weighted by atomic mass is 32.1. The van der Waals surface area contributed by atoms with Gasteiger partial charge in [0.1, 0.15) is 10.8 Å². The third-order valence-electron chi connectivity index (χ3n) is 3.37. The van der Waals surface area contributed by atoms with Crippen molar-refractivity contribution in [2.24, 2.45) is 7.05 Å². The second-order valence-electron chi connectivity index (χ2n) is 4.63. The fourth-order valence-corrected chi connectivity index (χ4v) is 2.88. The molecule has 1 atom stereocenters. The van der Waals surface area contributed by atoms with E-state index < -0.39 is 0 Å². The van der Waals surface area contributed by atoms with E-state index in [2.05, 4.69) is 14.7 Å². The van der Waals surface area contributed by atoms with Gasteiger partial charge in [-0.25, -0.2) is 9.78 Å². The Kier molecular flexibility index (Phi) is 3.20. The van der Waals surface area contributed by atoms with Gasteiger partial charge in [-0.05, 0) is 24.0 Å². The lowest BCUT2D eigenvalue weighted by Crippen LogP contribution is -2.32. The first-order chi connectivity index (χ1) is 9.24. The Hall–Kier alpha value is -1.89. The van der Waals surface area contributed by atoms with Crippen molar-refractivity contribution in [3.05, 3.63) is 30.5 Å². The molecule has 19 heavy (non-hydrogen) atoms. The molecule has 3 rings (SSSR count). The Morgan fingerprint density at radius 1 is 1.53 bits per heavy atom. The van der Waals surface area contributed by atoms with Gasteiger partial charge in [-0.2, -0.15) is 4.37 Å². The maximum atomic E-state index is 12.1. The second kappa shape index (κ2) is 5.00. The number of carbonyl (C=O) groups is 1. The Labute approximate surface area is 115 Å². The van der Waals surface area contributed by atoms with Crippen molar-refractivity contribution < 1.29 is 4.79 Å². The molecule has 7 heteroatoms. The van der Waals surface area contributed by atoms with Crippen LogP contribution in [-0.2, 0) is 7.05 Å². The first-order valence-corrected chi connectivity index (χ1v) is 6.95. The fourth-order valence-electron chi connectivity index (χ4n) is 2.39. The Morgan fingerprint density at radius 3 is 3.11 bits per heavy atom. The van der Waals surface area contributed by atoms with E-state index in [-0.39, 0.29) is 6.03 Å². The standard InChI is InChI=1S/C12H15N5OS/c1-16-7-5-13-11(16)9-3-6-17(8-9)12(18)15-10-2-4-14-19-10/h2,4-5,7,9H,3,6,8H2,1H3,(H,15,18). The van der Waals surface area contributed by atoms with Crippen molar-refractivity contribution in [3.63, 3.8) is 0 Å². The molecule has 1 saturated heterocycles. The summed E-state index contributed by atoms with van der Waals surface area (Å²) in [6.07, 6.45) is 6.38. The van der Waals surface area contributed by atoms with Crippen LogP contribution in [0.15, 0.2) is 24.7 Å². The average molecular weight is 277 g/mol. The molecule has 2 amide bonds. The van der Waals surface area contributed by atoms with Crippen molar-refractivity contribution in [1.82, 2.24) is 18.8 Å². The van der Waals surface area contributed by atoms with E-state index in [1.165, 1.54) is 11.5 Å². The molecule has 2 aromatic rings. The summed E-state index contributed by atoms with van der Waals surface area (Å²) in [7, 11) is 1.99. The molecule has 0 bridgehead atoms. The minimum atomic E-state index is -0.0547. The van der Waals surface area contributed by atoms with Crippen LogP contribution >= 0.6 is 11.5 Å². The number of hydrogen-bond acceptors (Lipinski definition) is 4. The van der Waals surface area contributed by atoms with Gasteiger partial charge < -0.3 is 9.47 Å². The number of aromatic nitrogens is 3. The maximum absolute atomic E-state index is 12.1. The molecular weight excluding hydrogens is 262 g/mol. The number of carbonyl (C=O) groups excluding carboxylic acids is 1. The minimum Gasteiger partial charge on any atom is -0.338 e. The van der Waals surface area contributed by atoms with Gasteiger partial charge in [0.15, 0.2) is 0 Å². The fraction of sp³-hybridized carbons (Fsp3) is 0.417. The number of likely N-dealkylation sites (tertiary alicyclic amines) is 1. The Morgan fingerprint density at radius 2 is 2.42 bits per heavy atom. The van der Waals surface area contributed by atoms with E-state index in [0.29, 0.717) is 5.92 Å². The number of urea groups is 1. The molecule has 0 aliphatic carbocycles. The minimum absolute atomic E-state index is 0.0547. The summed E-state index contributed by atoms with van der Waals surface area (Å²) in [5, 5.41) is 3.64. The lowest BCUT2D eigenvalue weighted by Gasteiger charge is -2.16. The van der Waals surface area contributed by atoms with Gasteiger partial charge in [0, 0.05) is 44.6 Å². The van der Waals surface area contributed by atoms with Crippen LogP contribution in [0.3, 0.4) is 0 Å². The van der Waals surface area contributed by atoms with Crippen molar-refractivity contribution in [2.45, 2.75) is 12.3 Å². The Balaban J connectivity index is 1.63. The number of nitrogens with one attached hydrogen (secondary N) is 1. The summed E-state index contributed by atoms with van der Waals surface area (Å²) < 4.78 is 5.99. The van der Waals surface area contributed by atoms with Crippen LogP contribution in [0.4, 0.5) is 9.80 Å². The van der Waals surface area contributed by atoms with Gasteiger partial charge >= 0.3 is 6.03 Å². The van der Waals surface area contributed by atoms with Gasteiger partial charge in [0.25, 0.3) is 0 Å². The highest BCUT2D eigenvalue weighted by Crippen LogP contribution is 2.26. The SMILES string of the molecule is Cn1ccnc1C1CCN(C(=O)Nc2ccns2)C1. The number of amides is 2. The lowest BCUT2D eigenvalue weighted by molar-refractivity contribution is 0.222. The molecular formula is C12H15N5OS. The molecule has 1 N–H and O–H groups in total. The van der Waals surface area contributed by atoms with Crippen molar-refractivity contribution >= 4 is 22.6 Å². The summed E-state index contributed by atoms with van der Waals surface area (Å²) in [6, 6.07) is 1.75. The first kappa shape index (κ1) is 12.2. The van der Waals surface area contributed by atoms with Gasteiger partial charge in [-0.1, -0.05) is 0 Å². The van der Waals surface area contributed by atoms with E-state index in [9.17, 15) is 4.79 Å². The molecule has 100 valence electrons. The second-order valence-corrected chi connectivity index (χ2v) is 5.47. The summed E-state index contributed by atoms with van der Waals surface area (Å²) >= 11 is 1.29. The molecule has 1 fully saturated rings. The van der Waals surface area contributed by atoms with Crippen molar-refractivity contribution in [3.8, 4) is 0 Å². The summed E-state index contributed by atoms with van der Waals surface area (Å²) in [5.41, 5.74) is 0. The molecule has 1 aliphatic rings. The first-order valence-electron chi connectivity index (χ1n) is 6.18. The summed E-state index contributed by atoms with van der Waals surface area (Å²) in [6.45, 7) is 1.48. The normalized spacial score (nSPS) is 18.8. The third-order valence-corrected chi connectivity index (χ3v) is 4.03. The predicted octanol–water partition coefficient (Wildman–Crippen LogP) is 1.90. The quantitative estimate of drug-likeness (QED) is 0.912. The molecule has 6 nitrogen and oxygen atoms in total. The van der Waals surface area contributed by atoms with E-state index in [0.717, 1.165) is 30.3 Å². The van der Waals surface area contributed by atoms with Crippen LogP contribution in [-0.4, -0.2) is 37.9 Å². The number of imidazole rings is 1. The lowest BCUT2D eigenvalue weighted by atomic mass is 10.1. The monoisotopic (exact) mass is 277 g/mol. The van der Waals surface area contributed by atoms with Crippen LogP contribution in [0.5, 0.6) is 0 Å². The van der Waals surface area contributed by atoms with Crippen LogP contribution in [0.1, 0.15) is 18.2 Å². The van der Waals surface area contributed by atoms with E-state index in [4.69, 9.17) is 0 Å². The molecule has 1 unspecified atom stereocenters. The summed E-state index contributed by atoms with van der Waals surface area (Å²) in [4.78, 5) is 18.3. The van der Waals surface area contributed by atoms with Gasteiger partial charge in [-0.15, -0.1) is 0 Å². The number of anilines is 1. The zero-order valence-electron chi connectivity index (χ0n) is 10.6. The predicted molar refractivity (Wildman–Crippen MR) is 73.3 cm³/mol. The highest BCUT2D eigenvalue weighted by molar-refractivity contribution is 7.10. The largest absolute Gasteiger partial charge is 0.338 e. The number of hydrogen-bond donors (Lipinski definition) is 1. The van der Waals surface area contributed by atoms with Gasteiger partial charge in [-0.3, -0.25) is 5.32 Å². The third kappa shape index (κ3) is 2.46. The van der Waals surface area contributed by atoms with Crippen molar-refractivity contribution in [2.75, 3.05) is 18.4 Å². The molecule has 1 aliphatic heterocycles. The van der Waals surface area contributed by atoms with Crippen LogP contribution in [0, 0.1) is 0 Å². The molecule has 0 saturated carbocycles. The van der Waals surface area contributed by atoms with Gasteiger partial charge in [0.05, 0.1) is 0 Å². The molecule has 0 radical (unpaired) electrons. The topological polar surface area (TPSA) is 63.1 Å². The average Bonchev–Trinajstić information content (AvgIpc) is 3.08. The van der Waals surface area contributed by atoms with Crippen LogP contribution in [0.2, 0.25) is 0 Å². The summed E-state index contributed by atoms with van der Waals surface area (Å²) in [5.74, 6) is 1.38.